The lowest BCUT2D eigenvalue weighted by molar-refractivity contribution is 0.660. The average molecular weight is 187 g/mol. The SMILES string of the molecule is [Si][SiH]([Si])O[SiH]([Si])[Si]. The smallest absolute Gasteiger partial charge is 0.121 e. The van der Waals surface area contributed by atoms with Crippen LogP contribution >= 0.6 is 0 Å². The third kappa shape index (κ3) is 7.26. The summed E-state index contributed by atoms with van der Waals surface area (Å²) in [4.78, 5) is 0. The van der Waals surface area contributed by atoms with Crippen LogP contribution in [-0.4, -0.2) is 55.2 Å². The van der Waals surface area contributed by atoms with E-state index in [0.29, 0.717) is 0 Å². The molecule has 0 heterocycles. The second-order valence-corrected chi connectivity index (χ2v) is 13.3. The number of rotatable bonds is 2. The van der Waals surface area contributed by atoms with Crippen molar-refractivity contribution in [3.8, 4) is 0 Å². The van der Waals surface area contributed by atoms with E-state index in [2.05, 4.69) is 39.0 Å². The van der Waals surface area contributed by atoms with Crippen LogP contribution in [0.1, 0.15) is 0 Å². The molecule has 0 bridgehead atoms. The molecule has 0 saturated carbocycles. The van der Waals surface area contributed by atoms with Crippen molar-refractivity contribution >= 4 is 55.2 Å². The Kier molecular flexibility index (Phi) is 4.92. The Morgan fingerprint density at radius 1 is 0.857 bits per heavy atom. The first-order valence-electron chi connectivity index (χ1n) is 1.63. The minimum atomic E-state index is -1.15. The first kappa shape index (κ1) is 8.26. The highest BCUT2D eigenvalue weighted by Crippen LogP contribution is 1.71. The molecule has 0 unspecified atom stereocenters. The Bertz CT molecular complexity index is 33.4. The number of hydrogen-bond donors (Lipinski definition) is 0. The van der Waals surface area contributed by atoms with Crippen LogP contribution < -0.4 is 0 Å². The second kappa shape index (κ2) is 4.17. The zero-order valence-corrected chi connectivity index (χ0v) is 9.87. The van der Waals surface area contributed by atoms with E-state index in [1.807, 2.05) is 0 Å². The van der Waals surface area contributed by atoms with Crippen LogP contribution in [0.2, 0.25) is 0 Å². The lowest BCUT2D eigenvalue weighted by atomic mass is 15.8. The first-order valence-corrected chi connectivity index (χ1v) is 11.8. The van der Waals surface area contributed by atoms with E-state index >= 15 is 0 Å². The van der Waals surface area contributed by atoms with Gasteiger partial charge in [0.05, 0.1) is 0 Å². The van der Waals surface area contributed by atoms with E-state index in [4.69, 9.17) is 4.12 Å². The molecule has 12 radical (unpaired) electrons. The molecule has 7 heavy (non-hydrogen) atoms. The maximum Gasteiger partial charge on any atom is 0.121 e. The van der Waals surface area contributed by atoms with E-state index in [1.54, 1.807) is 0 Å². The molecule has 0 N–H and O–H groups in total. The molecule has 0 aliphatic heterocycles. The van der Waals surface area contributed by atoms with Gasteiger partial charge >= 0.3 is 0 Å². The van der Waals surface area contributed by atoms with Gasteiger partial charge in [-0.3, -0.25) is 0 Å². The van der Waals surface area contributed by atoms with Crippen LogP contribution in [0.5, 0.6) is 0 Å². The fourth-order valence-corrected chi connectivity index (χ4v) is 11.0. The van der Waals surface area contributed by atoms with Crippen LogP contribution in [0.25, 0.3) is 0 Å². The van der Waals surface area contributed by atoms with Crippen molar-refractivity contribution in [1.29, 1.82) is 0 Å². The Morgan fingerprint density at radius 2 is 1.14 bits per heavy atom. The quantitative estimate of drug-likeness (QED) is 0.421. The normalized spacial score (nSPS) is 11.1. The highest BCUT2D eigenvalue weighted by molar-refractivity contribution is 7.34. The van der Waals surface area contributed by atoms with Gasteiger partial charge in [-0.2, -0.15) is 0 Å². The van der Waals surface area contributed by atoms with Gasteiger partial charge in [0.25, 0.3) is 0 Å². The van der Waals surface area contributed by atoms with Gasteiger partial charge in [-0.15, -0.1) is 0 Å². The predicted octanol–water partition coefficient (Wildman–Crippen LogP) is -2.89. The average Bonchev–Trinajstić information content (AvgIpc) is 1.27. The lowest BCUT2D eigenvalue weighted by Gasteiger charge is -2.07. The van der Waals surface area contributed by atoms with Gasteiger partial charge in [-0.25, -0.2) is 0 Å². The maximum atomic E-state index is 5.18. The molecule has 0 rings (SSSR count). The molecule has 0 aromatic rings. The van der Waals surface area contributed by atoms with Gasteiger partial charge in [0.1, 0.15) is 16.2 Å². The zero-order valence-electron chi connectivity index (χ0n) is 3.56. The molecule has 0 aromatic heterocycles. The van der Waals surface area contributed by atoms with E-state index in [-0.39, 0.29) is 0 Å². The lowest BCUT2D eigenvalue weighted by Crippen LogP contribution is -2.31. The van der Waals surface area contributed by atoms with E-state index < -0.39 is 16.2 Å². The highest BCUT2D eigenvalue weighted by atomic mass is 29.6. The van der Waals surface area contributed by atoms with E-state index in [0.717, 1.165) is 0 Å². The van der Waals surface area contributed by atoms with E-state index in [9.17, 15) is 0 Å². The maximum absolute atomic E-state index is 5.18. The van der Waals surface area contributed by atoms with E-state index in [1.165, 1.54) is 0 Å². The van der Waals surface area contributed by atoms with Gasteiger partial charge in [0, 0.05) is 39.0 Å². The summed E-state index contributed by atoms with van der Waals surface area (Å²) in [5.41, 5.74) is 0. The largest absolute Gasteiger partial charge is 0.472 e. The summed E-state index contributed by atoms with van der Waals surface area (Å²) < 4.78 is 5.18. The Labute approximate surface area is 59.5 Å². The molecule has 0 atom stereocenters. The summed E-state index contributed by atoms with van der Waals surface area (Å²) in [6.07, 6.45) is 0. The summed E-state index contributed by atoms with van der Waals surface area (Å²) in [7, 11) is 11.0. The minimum Gasteiger partial charge on any atom is -0.472 e. The minimum absolute atomic E-state index is 1.15. The predicted molar refractivity (Wildman–Crippen MR) is 38.4 cm³/mol. The summed E-state index contributed by atoms with van der Waals surface area (Å²) in [6, 6.07) is 0. The summed E-state index contributed by atoms with van der Waals surface area (Å²) >= 11 is 0. The summed E-state index contributed by atoms with van der Waals surface area (Å²) in [5, 5.41) is 0. The second-order valence-electron chi connectivity index (χ2n) is 0.896. The molecule has 0 saturated heterocycles. The molecule has 0 spiro atoms. The Balaban J connectivity index is 2.95. The van der Waals surface area contributed by atoms with Crippen LogP contribution in [0.4, 0.5) is 0 Å². The third-order valence-corrected chi connectivity index (χ3v) is 7.35. The molecule has 1 nitrogen and oxygen atoms in total. The summed E-state index contributed by atoms with van der Waals surface area (Å²) in [5.74, 6) is 0. The topological polar surface area (TPSA) is 9.23 Å². The third-order valence-electron chi connectivity index (χ3n) is 0.272. The van der Waals surface area contributed by atoms with Crippen molar-refractivity contribution in [3.05, 3.63) is 0 Å². The molecular formula is H2OSi6. The van der Waals surface area contributed by atoms with Gasteiger partial charge in [0.2, 0.25) is 0 Å². The van der Waals surface area contributed by atoms with Crippen LogP contribution in [0, 0.1) is 0 Å². The Morgan fingerprint density at radius 3 is 1.14 bits per heavy atom. The van der Waals surface area contributed by atoms with Crippen LogP contribution in [0.15, 0.2) is 0 Å². The monoisotopic (exact) mass is 186 g/mol. The van der Waals surface area contributed by atoms with Crippen LogP contribution in [-0.2, 0) is 4.12 Å². The molecular weight excluding hydrogens is 185 g/mol. The molecule has 0 aliphatic rings. The van der Waals surface area contributed by atoms with Gasteiger partial charge in [0.15, 0.2) is 0 Å². The van der Waals surface area contributed by atoms with Gasteiger partial charge in [-0.1, -0.05) is 0 Å². The molecule has 32 valence electrons. The van der Waals surface area contributed by atoms with Crippen molar-refractivity contribution in [2.45, 2.75) is 0 Å². The van der Waals surface area contributed by atoms with Crippen molar-refractivity contribution in [1.82, 2.24) is 0 Å². The van der Waals surface area contributed by atoms with Crippen molar-refractivity contribution in [3.63, 3.8) is 0 Å². The standard InChI is InChI=1S/H2OSi6/c2-6(3)1-7(4)5/h6-7H. The molecule has 0 fully saturated rings. The van der Waals surface area contributed by atoms with Gasteiger partial charge < -0.3 is 4.12 Å². The molecule has 0 amide bonds. The molecule has 0 aromatic carbocycles. The van der Waals surface area contributed by atoms with Gasteiger partial charge in [-0.05, 0) is 0 Å². The fraction of sp³-hybridized carbons (Fsp3) is 0. The van der Waals surface area contributed by atoms with Crippen molar-refractivity contribution in [2.75, 3.05) is 0 Å². The van der Waals surface area contributed by atoms with Crippen molar-refractivity contribution in [2.24, 2.45) is 0 Å². The first-order chi connectivity index (χ1) is 3.13. The van der Waals surface area contributed by atoms with Crippen LogP contribution in [0.3, 0.4) is 0 Å². The number of hydrogen-bond acceptors (Lipinski definition) is 1. The van der Waals surface area contributed by atoms with Crippen molar-refractivity contribution < 1.29 is 4.12 Å². The Hall–Kier alpha value is 1.26. The molecule has 0 aliphatic carbocycles. The zero-order chi connectivity index (χ0) is 5.86. The summed E-state index contributed by atoms with van der Waals surface area (Å²) in [6.45, 7) is 0. The molecule has 7 heteroatoms. The fourth-order valence-electron chi connectivity index (χ4n) is 0.136. The highest BCUT2D eigenvalue weighted by Gasteiger charge is 1.98.